The van der Waals surface area contributed by atoms with Crippen LogP contribution in [-0.4, -0.2) is 13.6 Å². The van der Waals surface area contributed by atoms with Gasteiger partial charge in [0.15, 0.2) is 0 Å². The first-order valence-corrected chi connectivity index (χ1v) is 5.35. The van der Waals surface area contributed by atoms with E-state index in [2.05, 4.69) is 41.8 Å². The van der Waals surface area contributed by atoms with Crippen LogP contribution in [0.25, 0.3) is 0 Å². The van der Waals surface area contributed by atoms with Gasteiger partial charge < -0.3 is 10.6 Å². The molecule has 2 nitrogen and oxygen atoms in total. The van der Waals surface area contributed by atoms with E-state index in [1.807, 2.05) is 7.05 Å². The quantitative estimate of drug-likeness (QED) is 0.677. The van der Waals surface area contributed by atoms with Crippen LogP contribution in [0, 0.1) is 0 Å². The van der Waals surface area contributed by atoms with Crippen molar-refractivity contribution in [2.75, 3.05) is 18.9 Å². The van der Waals surface area contributed by atoms with Gasteiger partial charge in [-0.25, -0.2) is 0 Å². The maximum atomic E-state index is 3.44. The van der Waals surface area contributed by atoms with Gasteiger partial charge in [-0.05, 0) is 24.6 Å². The Balaban J connectivity index is 2.41. The van der Waals surface area contributed by atoms with Crippen molar-refractivity contribution in [1.29, 1.82) is 0 Å². The number of anilines is 1. The standard InChI is InChI=1S/C12H20N2/c1-3-4-9-14-10-11-7-5-6-8-12(11)13-2/h5-8,13-14H,3-4,9-10H2,1-2H3. The highest BCUT2D eigenvalue weighted by atomic mass is 14.9. The summed E-state index contributed by atoms with van der Waals surface area (Å²) in [5, 5.41) is 6.63. The van der Waals surface area contributed by atoms with Gasteiger partial charge in [-0.3, -0.25) is 0 Å². The zero-order chi connectivity index (χ0) is 10.2. The molecule has 2 N–H and O–H groups in total. The van der Waals surface area contributed by atoms with E-state index in [1.54, 1.807) is 0 Å². The van der Waals surface area contributed by atoms with E-state index in [0.717, 1.165) is 13.1 Å². The molecule has 14 heavy (non-hydrogen) atoms. The molecule has 0 spiro atoms. The molecule has 0 aromatic heterocycles. The van der Waals surface area contributed by atoms with Crippen molar-refractivity contribution < 1.29 is 0 Å². The average molecular weight is 192 g/mol. The molecule has 0 saturated heterocycles. The summed E-state index contributed by atoms with van der Waals surface area (Å²) < 4.78 is 0. The lowest BCUT2D eigenvalue weighted by molar-refractivity contribution is 0.642. The summed E-state index contributed by atoms with van der Waals surface area (Å²) in [6.45, 7) is 4.27. The highest BCUT2D eigenvalue weighted by Gasteiger charge is 1.97. The third-order valence-corrected chi connectivity index (χ3v) is 2.31. The van der Waals surface area contributed by atoms with Gasteiger partial charge in [0.2, 0.25) is 0 Å². The molecule has 1 rings (SSSR count). The summed E-state index contributed by atoms with van der Waals surface area (Å²) in [7, 11) is 1.96. The van der Waals surface area contributed by atoms with E-state index in [1.165, 1.54) is 24.1 Å². The van der Waals surface area contributed by atoms with Crippen LogP contribution in [0.2, 0.25) is 0 Å². The highest BCUT2D eigenvalue weighted by molar-refractivity contribution is 5.50. The second-order valence-electron chi connectivity index (χ2n) is 3.44. The molecule has 2 heteroatoms. The normalized spacial score (nSPS) is 10.1. The molecule has 0 atom stereocenters. The van der Waals surface area contributed by atoms with Gasteiger partial charge in [0.05, 0.1) is 0 Å². The number of rotatable bonds is 6. The number of unbranched alkanes of at least 4 members (excludes halogenated alkanes) is 1. The zero-order valence-electron chi connectivity index (χ0n) is 9.14. The Bertz CT molecular complexity index is 258. The van der Waals surface area contributed by atoms with Crippen molar-refractivity contribution in [3.05, 3.63) is 29.8 Å². The molecule has 0 radical (unpaired) electrons. The zero-order valence-corrected chi connectivity index (χ0v) is 9.14. The third-order valence-electron chi connectivity index (χ3n) is 2.31. The van der Waals surface area contributed by atoms with Gasteiger partial charge >= 0.3 is 0 Å². The second-order valence-corrected chi connectivity index (χ2v) is 3.44. The van der Waals surface area contributed by atoms with E-state index in [-0.39, 0.29) is 0 Å². The van der Waals surface area contributed by atoms with Crippen LogP contribution in [0.4, 0.5) is 5.69 Å². The molecule has 0 aliphatic heterocycles. The van der Waals surface area contributed by atoms with Gasteiger partial charge in [-0.1, -0.05) is 31.5 Å². The Morgan fingerprint density at radius 1 is 1.21 bits per heavy atom. The van der Waals surface area contributed by atoms with Gasteiger partial charge in [0.25, 0.3) is 0 Å². The van der Waals surface area contributed by atoms with Crippen molar-refractivity contribution in [2.45, 2.75) is 26.3 Å². The minimum Gasteiger partial charge on any atom is -0.388 e. The van der Waals surface area contributed by atoms with Crippen molar-refractivity contribution >= 4 is 5.69 Å². The molecule has 0 aliphatic rings. The maximum absolute atomic E-state index is 3.44. The van der Waals surface area contributed by atoms with Crippen LogP contribution in [0.3, 0.4) is 0 Å². The molecule has 0 saturated carbocycles. The van der Waals surface area contributed by atoms with Gasteiger partial charge in [0, 0.05) is 19.3 Å². The van der Waals surface area contributed by atoms with E-state index >= 15 is 0 Å². The fraction of sp³-hybridized carbons (Fsp3) is 0.500. The summed E-state index contributed by atoms with van der Waals surface area (Å²) >= 11 is 0. The van der Waals surface area contributed by atoms with E-state index in [9.17, 15) is 0 Å². The lowest BCUT2D eigenvalue weighted by Gasteiger charge is -2.09. The van der Waals surface area contributed by atoms with Crippen LogP contribution in [0.1, 0.15) is 25.3 Å². The smallest absolute Gasteiger partial charge is 0.0383 e. The first-order valence-electron chi connectivity index (χ1n) is 5.35. The minimum atomic E-state index is 0.955. The highest BCUT2D eigenvalue weighted by Crippen LogP contribution is 2.13. The Morgan fingerprint density at radius 3 is 2.71 bits per heavy atom. The predicted octanol–water partition coefficient (Wildman–Crippen LogP) is 2.62. The monoisotopic (exact) mass is 192 g/mol. The largest absolute Gasteiger partial charge is 0.388 e. The number of benzene rings is 1. The van der Waals surface area contributed by atoms with E-state index in [0.29, 0.717) is 0 Å². The predicted molar refractivity (Wildman–Crippen MR) is 62.6 cm³/mol. The number of para-hydroxylation sites is 1. The number of nitrogens with one attached hydrogen (secondary N) is 2. The minimum absolute atomic E-state index is 0.955. The maximum Gasteiger partial charge on any atom is 0.0383 e. The Labute approximate surface area is 86.7 Å². The first kappa shape index (κ1) is 11.1. The molecule has 1 aromatic rings. The molecule has 0 heterocycles. The molecule has 0 amide bonds. The van der Waals surface area contributed by atoms with E-state index in [4.69, 9.17) is 0 Å². The Hall–Kier alpha value is -1.02. The Morgan fingerprint density at radius 2 is 2.00 bits per heavy atom. The third kappa shape index (κ3) is 3.38. The van der Waals surface area contributed by atoms with Crippen LogP contribution in [0.15, 0.2) is 24.3 Å². The van der Waals surface area contributed by atoms with Gasteiger partial charge in [-0.15, -0.1) is 0 Å². The van der Waals surface area contributed by atoms with E-state index < -0.39 is 0 Å². The molecular formula is C12H20N2. The molecular weight excluding hydrogens is 172 g/mol. The first-order chi connectivity index (χ1) is 6.88. The fourth-order valence-corrected chi connectivity index (χ4v) is 1.44. The van der Waals surface area contributed by atoms with Crippen LogP contribution < -0.4 is 10.6 Å². The summed E-state index contributed by atoms with van der Waals surface area (Å²) in [6.07, 6.45) is 2.50. The molecule has 1 aromatic carbocycles. The fourth-order valence-electron chi connectivity index (χ4n) is 1.44. The average Bonchev–Trinajstić information content (AvgIpc) is 2.25. The van der Waals surface area contributed by atoms with Crippen LogP contribution >= 0.6 is 0 Å². The molecule has 0 unspecified atom stereocenters. The number of hydrogen-bond donors (Lipinski definition) is 2. The lowest BCUT2D eigenvalue weighted by atomic mass is 10.2. The summed E-state index contributed by atoms with van der Waals surface area (Å²) in [6, 6.07) is 8.40. The summed E-state index contributed by atoms with van der Waals surface area (Å²) in [4.78, 5) is 0. The van der Waals surface area contributed by atoms with Crippen molar-refractivity contribution in [3.63, 3.8) is 0 Å². The van der Waals surface area contributed by atoms with Gasteiger partial charge in [-0.2, -0.15) is 0 Å². The lowest BCUT2D eigenvalue weighted by Crippen LogP contribution is -2.15. The van der Waals surface area contributed by atoms with Crippen molar-refractivity contribution in [3.8, 4) is 0 Å². The van der Waals surface area contributed by atoms with Gasteiger partial charge in [0.1, 0.15) is 0 Å². The summed E-state index contributed by atoms with van der Waals surface area (Å²) in [5.41, 5.74) is 2.56. The SMILES string of the molecule is CCCCNCc1ccccc1NC. The Kier molecular flexibility index (Phi) is 5.08. The van der Waals surface area contributed by atoms with Crippen LogP contribution in [0.5, 0.6) is 0 Å². The van der Waals surface area contributed by atoms with Crippen molar-refractivity contribution in [2.24, 2.45) is 0 Å². The number of hydrogen-bond acceptors (Lipinski definition) is 2. The molecule has 0 aliphatic carbocycles. The molecule has 0 fully saturated rings. The molecule has 0 bridgehead atoms. The second kappa shape index (κ2) is 6.44. The van der Waals surface area contributed by atoms with Crippen LogP contribution in [-0.2, 0) is 6.54 Å². The summed E-state index contributed by atoms with van der Waals surface area (Å²) in [5.74, 6) is 0. The van der Waals surface area contributed by atoms with Crippen molar-refractivity contribution in [1.82, 2.24) is 5.32 Å². The molecule has 78 valence electrons. The topological polar surface area (TPSA) is 24.1 Å².